The van der Waals surface area contributed by atoms with Crippen LogP contribution in [-0.2, 0) is 15.0 Å². The van der Waals surface area contributed by atoms with Crippen LogP contribution in [0.25, 0.3) is 0 Å². The van der Waals surface area contributed by atoms with Crippen molar-refractivity contribution >= 4 is 43.7 Å². The summed E-state index contributed by atoms with van der Waals surface area (Å²) in [5.74, 6) is 0.620. The zero-order valence-corrected chi connectivity index (χ0v) is 18.6. The minimum atomic E-state index is -0.725. The van der Waals surface area contributed by atoms with Crippen LogP contribution in [0.3, 0.4) is 0 Å². The van der Waals surface area contributed by atoms with Crippen LogP contribution in [0.15, 0.2) is 51.4 Å². The average molecular weight is 512 g/mol. The molecule has 0 spiro atoms. The summed E-state index contributed by atoms with van der Waals surface area (Å²) in [5, 5.41) is 8.83. The Labute approximate surface area is 180 Å². The van der Waals surface area contributed by atoms with Crippen molar-refractivity contribution in [3.05, 3.63) is 57.0 Å². The Morgan fingerprint density at radius 2 is 1.79 bits per heavy atom. The quantitative estimate of drug-likeness (QED) is 0.461. The average Bonchev–Trinajstić information content (AvgIpc) is 2.96. The second-order valence-electron chi connectivity index (χ2n) is 6.96. The molecule has 1 heterocycles. The van der Waals surface area contributed by atoms with Crippen LogP contribution in [-0.4, -0.2) is 34.5 Å². The molecule has 0 bridgehead atoms. The largest absolute Gasteiger partial charge is 0.457 e. The molecule has 0 aliphatic carbocycles. The summed E-state index contributed by atoms with van der Waals surface area (Å²) in [6, 6.07) is 12.3. The van der Waals surface area contributed by atoms with E-state index in [9.17, 15) is 9.59 Å². The molecule has 1 saturated heterocycles. The maximum absolute atomic E-state index is 13.0. The van der Waals surface area contributed by atoms with E-state index in [1.807, 2.05) is 49.4 Å². The van der Waals surface area contributed by atoms with Crippen molar-refractivity contribution in [1.29, 1.82) is 0 Å². The second-order valence-corrected chi connectivity index (χ2v) is 8.80. The molecule has 6 nitrogen and oxygen atoms in total. The number of nitrogens with zero attached hydrogens (tertiary/aromatic N) is 1. The molecule has 2 amide bonds. The molecule has 1 fully saturated rings. The van der Waals surface area contributed by atoms with E-state index in [0.717, 1.165) is 14.5 Å². The first kappa shape index (κ1) is 20.8. The van der Waals surface area contributed by atoms with Gasteiger partial charge in [0.1, 0.15) is 17.5 Å². The van der Waals surface area contributed by atoms with Crippen molar-refractivity contribution < 1.29 is 19.5 Å². The van der Waals surface area contributed by atoms with Gasteiger partial charge in [0.25, 0.3) is 5.91 Å². The first-order chi connectivity index (χ1) is 13.2. The van der Waals surface area contributed by atoms with Crippen LogP contribution in [0.1, 0.15) is 25.8 Å². The summed E-state index contributed by atoms with van der Waals surface area (Å²) in [6.45, 7) is 3.93. The second kappa shape index (κ2) is 8.23. The standard InChI is InChI=1S/C20H20Br2N2O4/c1-12(18(25)23-27)24-8-7-20(2,19(24)26)13-3-5-16(6-4-13)28-17-10-14(21)9-15(22)11-17/h3-6,9-12,27H,7-8H2,1-2H3,(H,23,25). The SMILES string of the molecule is CC(C(=O)NO)N1CCC(C)(c2ccc(Oc3cc(Br)cc(Br)c3)cc2)C1=O. The minimum absolute atomic E-state index is 0.131. The van der Waals surface area contributed by atoms with Gasteiger partial charge in [0, 0.05) is 15.5 Å². The van der Waals surface area contributed by atoms with Gasteiger partial charge in [-0.15, -0.1) is 0 Å². The van der Waals surface area contributed by atoms with Crippen molar-refractivity contribution in [1.82, 2.24) is 10.4 Å². The molecule has 2 aromatic rings. The molecule has 1 aliphatic heterocycles. The number of benzene rings is 2. The summed E-state index contributed by atoms with van der Waals surface area (Å²) in [7, 11) is 0. The van der Waals surface area contributed by atoms with Gasteiger partial charge in [0.15, 0.2) is 0 Å². The van der Waals surface area contributed by atoms with Crippen LogP contribution in [0.5, 0.6) is 11.5 Å². The Balaban J connectivity index is 1.77. The first-order valence-electron chi connectivity index (χ1n) is 8.74. The topological polar surface area (TPSA) is 78.9 Å². The van der Waals surface area contributed by atoms with Gasteiger partial charge in [-0.1, -0.05) is 44.0 Å². The zero-order valence-electron chi connectivity index (χ0n) is 15.4. The fourth-order valence-electron chi connectivity index (χ4n) is 3.36. The van der Waals surface area contributed by atoms with Crippen molar-refractivity contribution in [2.75, 3.05) is 6.54 Å². The number of halogens is 2. The number of likely N-dealkylation sites (tertiary alicyclic amines) is 1. The van der Waals surface area contributed by atoms with E-state index >= 15 is 0 Å². The van der Waals surface area contributed by atoms with Crippen LogP contribution < -0.4 is 10.2 Å². The summed E-state index contributed by atoms with van der Waals surface area (Å²) < 4.78 is 7.69. The molecule has 2 aromatic carbocycles. The third kappa shape index (κ3) is 4.09. The molecule has 2 N–H and O–H groups in total. The highest BCUT2D eigenvalue weighted by molar-refractivity contribution is 9.11. The number of hydroxylamine groups is 1. The molecule has 2 atom stereocenters. The summed E-state index contributed by atoms with van der Waals surface area (Å²) in [6.07, 6.45) is 0.591. The lowest BCUT2D eigenvalue weighted by Gasteiger charge is -2.27. The van der Waals surface area contributed by atoms with E-state index in [0.29, 0.717) is 24.5 Å². The highest BCUT2D eigenvalue weighted by Crippen LogP contribution is 2.37. The number of rotatable bonds is 5. The molecule has 0 saturated carbocycles. The van der Waals surface area contributed by atoms with Gasteiger partial charge < -0.3 is 9.64 Å². The number of hydrogen-bond acceptors (Lipinski definition) is 4. The fourth-order valence-corrected chi connectivity index (χ4v) is 4.61. The van der Waals surface area contributed by atoms with E-state index in [4.69, 9.17) is 9.94 Å². The normalized spacial score (nSPS) is 20.2. The Kier molecular flexibility index (Phi) is 6.12. The molecule has 2 unspecified atom stereocenters. The molecule has 8 heteroatoms. The molecule has 0 aromatic heterocycles. The number of hydrogen-bond donors (Lipinski definition) is 2. The smallest absolute Gasteiger partial charge is 0.265 e. The van der Waals surface area contributed by atoms with E-state index in [-0.39, 0.29) is 5.91 Å². The number of ether oxygens (including phenoxy) is 1. The number of carbonyl (C=O) groups is 2. The lowest BCUT2D eigenvalue weighted by Crippen LogP contribution is -2.47. The first-order valence-corrected chi connectivity index (χ1v) is 10.3. The molecular formula is C20H20Br2N2O4. The lowest BCUT2D eigenvalue weighted by molar-refractivity contribution is -0.143. The van der Waals surface area contributed by atoms with Crippen molar-refractivity contribution in [2.24, 2.45) is 0 Å². The summed E-state index contributed by atoms with van der Waals surface area (Å²) >= 11 is 6.87. The van der Waals surface area contributed by atoms with Crippen molar-refractivity contribution in [2.45, 2.75) is 31.7 Å². The Morgan fingerprint density at radius 3 is 2.36 bits per heavy atom. The third-order valence-corrected chi connectivity index (χ3v) is 6.02. The third-order valence-electron chi connectivity index (χ3n) is 5.11. The van der Waals surface area contributed by atoms with E-state index in [2.05, 4.69) is 31.9 Å². The Morgan fingerprint density at radius 1 is 1.18 bits per heavy atom. The van der Waals surface area contributed by atoms with Crippen LogP contribution in [0, 0.1) is 0 Å². The number of carbonyl (C=O) groups excluding carboxylic acids is 2. The van der Waals surface area contributed by atoms with Crippen LogP contribution in [0.2, 0.25) is 0 Å². The van der Waals surface area contributed by atoms with Gasteiger partial charge in [-0.25, -0.2) is 5.48 Å². The molecule has 148 valence electrons. The number of amides is 2. The molecule has 0 radical (unpaired) electrons. The molecular weight excluding hydrogens is 492 g/mol. The highest BCUT2D eigenvalue weighted by Gasteiger charge is 2.46. The van der Waals surface area contributed by atoms with Gasteiger partial charge >= 0.3 is 0 Å². The Hall–Kier alpha value is -1.90. The van der Waals surface area contributed by atoms with Gasteiger partial charge in [-0.3, -0.25) is 14.8 Å². The lowest BCUT2D eigenvalue weighted by atomic mass is 9.81. The van der Waals surface area contributed by atoms with Gasteiger partial charge in [-0.2, -0.15) is 0 Å². The maximum atomic E-state index is 13.0. The van der Waals surface area contributed by atoms with Crippen LogP contribution in [0.4, 0.5) is 0 Å². The highest BCUT2D eigenvalue weighted by atomic mass is 79.9. The Bertz CT molecular complexity index is 883. The summed E-state index contributed by atoms with van der Waals surface area (Å²) in [5.41, 5.74) is 1.75. The molecule has 3 rings (SSSR count). The van der Waals surface area contributed by atoms with Gasteiger partial charge in [0.05, 0.1) is 5.41 Å². The van der Waals surface area contributed by atoms with Crippen molar-refractivity contribution in [3.63, 3.8) is 0 Å². The van der Waals surface area contributed by atoms with E-state index in [1.165, 1.54) is 4.90 Å². The van der Waals surface area contributed by atoms with Gasteiger partial charge in [0.2, 0.25) is 5.91 Å². The van der Waals surface area contributed by atoms with Crippen LogP contribution >= 0.6 is 31.9 Å². The maximum Gasteiger partial charge on any atom is 0.265 e. The van der Waals surface area contributed by atoms with Crippen molar-refractivity contribution in [3.8, 4) is 11.5 Å². The fraction of sp³-hybridized carbons (Fsp3) is 0.300. The predicted molar refractivity (Wildman–Crippen MR) is 111 cm³/mol. The molecule has 1 aliphatic rings. The zero-order chi connectivity index (χ0) is 20.5. The number of nitrogens with one attached hydrogen (secondary N) is 1. The van der Waals surface area contributed by atoms with E-state index < -0.39 is 17.4 Å². The van der Waals surface area contributed by atoms with Gasteiger partial charge in [-0.05, 0) is 56.2 Å². The monoisotopic (exact) mass is 510 g/mol. The summed E-state index contributed by atoms with van der Waals surface area (Å²) in [4.78, 5) is 26.1. The molecule has 28 heavy (non-hydrogen) atoms. The minimum Gasteiger partial charge on any atom is -0.457 e. The predicted octanol–water partition coefficient (Wildman–Crippen LogP) is 4.39. The van der Waals surface area contributed by atoms with E-state index in [1.54, 1.807) is 12.4 Å².